The van der Waals surface area contributed by atoms with Crippen LogP contribution in [0.3, 0.4) is 0 Å². The molecule has 1 aliphatic rings. The predicted octanol–water partition coefficient (Wildman–Crippen LogP) is 2.76. The molecule has 1 amide bonds. The molecule has 3 rings (SSSR count). The Balaban J connectivity index is 1.63. The van der Waals surface area contributed by atoms with Gasteiger partial charge in [0, 0.05) is 23.6 Å². The molecule has 2 N–H and O–H groups in total. The predicted molar refractivity (Wildman–Crippen MR) is 90.5 cm³/mol. The van der Waals surface area contributed by atoms with Crippen LogP contribution in [-0.2, 0) is 4.79 Å². The number of benzene rings is 1. The molecule has 1 fully saturated rings. The largest absolute Gasteiger partial charge is 0.423 e. The summed E-state index contributed by atoms with van der Waals surface area (Å²) in [5, 5.41) is 7.13. The minimum atomic E-state index is -0.371. The van der Waals surface area contributed by atoms with Crippen LogP contribution in [0.4, 0.5) is 5.69 Å². The number of piperidine rings is 1. The van der Waals surface area contributed by atoms with Crippen LogP contribution in [0, 0.1) is 11.8 Å². The van der Waals surface area contributed by atoms with Gasteiger partial charge in [0.25, 0.3) is 0 Å². The summed E-state index contributed by atoms with van der Waals surface area (Å²) in [6, 6.07) is 8.37. The van der Waals surface area contributed by atoms with Crippen molar-refractivity contribution in [1.29, 1.82) is 0 Å². The van der Waals surface area contributed by atoms with Gasteiger partial charge in [0.05, 0.1) is 0 Å². The normalized spacial score (nSPS) is 19.4. The molecule has 122 valence electrons. The zero-order chi connectivity index (χ0) is 16.2. The van der Waals surface area contributed by atoms with Gasteiger partial charge in [0.15, 0.2) is 0 Å². The van der Waals surface area contributed by atoms with Gasteiger partial charge in [-0.2, -0.15) is 0 Å². The van der Waals surface area contributed by atoms with E-state index in [0.717, 1.165) is 24.2 Å². The fraction of sp³-hybridized carbons (Fsp3) is 0.444. The van der Waals surface area contributed by atoms with Crippen molar-refractivity contribution in [1.82, 2.24) is 5.32 Å². The molecule has 23 heavy (non-hydrogen) atoms. The van der Waals surface area contributed by atoms with Crippen LogP contribution < -0.4 is 16.3 Å². The summed E-state index contributed by atoms with van der Waals surface area (Å²) in [5.74, 6) is 0.960. The third-order valence-electron chi connectivity index (χ3n) is 4.55. The van der Waals surface area contributed by atoms with E-state index < -0.39 is 0 Å². The zero-order valence-corrected chi connectivity index (χ0v) is 13.3. The van der Waals surface area contributed by atoms with E-state index in [0.29, 0.717) is 23.8 Å². The van der Waals surface area contributed by atoms with E-state index in [1.54, 1.807) is 18.2 Å². The highest BCUT2D eigenvalue weighted by atomic mass is 16.4. The minimum Gasteiger partial charge on any atom is -0.423 e. The van der Waals surface area contributed by atoms with Crippen LogP contribution in [0.15, 0.2) is 39.5 Å². The summed E-state index contributed by atoms with van der Waals surface area (Å²) in [6.45, 7) is 4.23. The van der Waals surface area contributed by atoms with Crippen LogP contribution in [0.2, 0.25) is 0 Å². The van der Waals surface area contributed by atoms with Gasteiger partial charge in [-0.3, -0.25) is 4.79 Å². The van der Waals surface area contributed by atoms with Gasteiger partial charge in [-0.15, -0.1) is 0 Å². The van der Waals surface area contributed by atoms with Crippen LogP contribution in [-0.4, -0.2) is 19.0 Å². The van der Waals surface area contributed by atoms with Gasteiger partial charge < -0.3 is 15.1 Å². The van der Waals surface area contributed by atoms with E-state index in [1.165, 1.54) is 18.9 Å². The van der Waals surface area contributed by atoms with Crippen molar-refractivity contribution in [2.24, 2.45) is 11.8 Å². The molecule has 1 aromatic carbocycles. The molecule has 1 saturated heterocycles. The van der Waals surface area contributed by atoms with Crippen molar-refractivity contribution in [2.75, 3.05) is 18.4 Å². The first-order chi connectivity index (χ1) is 11.1. The smallest absolute Gasteiger partial charge is 0.336 e. The van der Waals surface area contributed by atoms with Crippen molar-refractivity contribution < 1.29 is 9.21 Å². The van der Waals surface area contributed by atoms with E-state index in [2.05, 4.69) is 17.6 Å². The Morgan fingerprint density at radius 3 is 3.04 bits per heavy atom. The first kappa shape index (κ1) is 15.7. The molecule has 5 nitrogen and oxygen atoms in total. The highest BCUT2D eigenvalue weighted by Gasteiger charge is 2.22. The van der Waals surface area contributed by atoms with Gasteiger partial charge in [-0.1, -0.05) is 6.92 Å². The fourth-order valence-corrected chi connectivity index (χ4v) is 3.19. The molecule has 0 bridgehead atoms. The number of carbonyl (C=O) groups excluding carboxylic acids is 1. The van der Waals surface area contributed by atoms with Gasteiger partial charge in [-0.05, 0) is 62.0 Å². The van der Waals surface area contributed by atoms with Crippen molar-refractivity contribution in [2.45, 2.75) is 26.2 Å². The molecule has 2 unspecified atom stereocenters. The van der Waals surface area contributed by atoms with Crippen LogP contribution in [0.1, 0.15) is 26.2 Å². The number of nitrogens with one attached hydrogen (secondary N) is 2. The number of hydrogen-bond acceptors (Lipinski definition) is 4. The summed E-state index contributed by atoms with van der Waals surface area (Å²) in [5.41, 5.74) is 0.881. The average Bonchev–Trinajstić information content (AvgIpc) is 2.55. The molecule has 1 aromatic heterocycles. The lowest BCUT2D eigenvalue weighted by molar-refractivity contribution is -0.117. The van der Waals surface area contributed by atoms with E-state index in [4.69, 9.17) is 4.42 Å². The van der Waals surface area contributed by atoms with Crippen molar-refractivity contribution in [3.8, 4) is 0 Å². The quantitative estimate of drug-likeness (QED) is 0.851. The maximum Gasteiger partial charge on any atom is 0.336 e. The van der Waals surface area contributed by atoms with Crippen molar-refractivity contribution >= 4 is 22.6 Å². The number of hydrogen-bond donors (Lipinski definition) is 2. The highest BCUT2D eigenvalue weighted by Crippen LogP contribution is 2.23. The Morgan fingerprint density at radius 1 is 1.39 bits per heavy atom. The van der Waals surface area contributed by atoms with E-state index in [-0.39, 0.29) is 11.5 Å². The lowest BCUT2D eigenvalue weighted by atomic mass is 9.85. The zero-order valence-electron chi connectivity index (χ0n) is 13.3. The Kier molecular flexibility index (Phi) is 4.76. The standard InChI is InChI=1S/C18H22N2O3/c1-12(14-3-2-8-19-11-14)9-17(21)20-15-5-6-16-13(10-15)4-7-18(22)23-16/h4-7,10,12,14,19H,2-3,8-9,11H2,1H3,(H,20,21). The SMILES string of the molecule is CC(CC(=O)Nc1ccc2oc(=O)ccc2c1)C1CCCNC1. The summed E-state index contributed by atoms with van der Waals surface area (Å²) in [4.78, 5) is 23.4. The van der Waals surface area contributed by atoms with Gasteiger partial charge >= 0.3 is 5.63 Å². The molecule has 5 heteroatoms. The van der Waals surface area contributed by atoms with Crippen molar-refractivity contribution in [3.63, 3.8) is 0 Å². The molecule has 1 aliphatic heterocycles. The number of carbonyl (C=O) groups is 1. The Hall–Kier alpha value is -2.14. The van der Waals surface area contributed by atoms with Crippen LogP contribution >= 0.6 is 0 Å². The van der Waals surface area contributed by atoms with E-state index in [1.807, 2.05) is 6.07 Å². The second-order valence-corrected chi connectivity index (χ2v) is 6.34. The molecule has 2 heterocycles. The molecule has 2 aromatic rings. The lowest BCUT2D eigenvalue weighted by Gasteiger charge is -2.28. The molecule has 0 aliphatic carbocycles. The Bertz CT molecular complexity index is 747. The third-order valence-corrected chi connectivity index (χ3v) is 4.55. The second-order valence-electron chi connectivity index (χ2n) is 6.34. The first-order valence-electron chi connectivity index (χ1n) is 8.16. The number of amides is 1. The molecule has 0 radical (unpaired) electrons. The van der Waals surface area contributed by atoms with Crippen molar-refractivity contribution in [3.05, 3.63) is 40.8 Å². The maximum absolute atomic E-state index is 12.3. The van der Waals surface area contributed by atoms with Gasteiger partial charge in [-0.25, -0.2) is 4.79 Å². The fourth-order valence-electron chi connectivity index (χ4n) is 3.19. The second kappa shape index (κ2) is 6.96. The molecule has 2 atom stereocenters. The number of rotatable bonds is 4. The topological polar surface area (TPSA) is 71.3 Å². The van der Waals surface area contributed by atoms with Crippen LogP contribution in [0.5, 0.6) is 0 Å². The van der Waals surface area contributed by atoms with Gasteiger partial charge in [0.1, 0.15) is 5.58 Å². The highest BCUT2D eigenvalue weighted by molar-refractivity contribution is 5.93. The number of fused-ring (bicyclic) bond motifs is 1. The summed E-state index contributed by atoms with van der Waals surface area (Å²) >= 11 is 0. The first-order valence-corrected chi connectivity index (χ1v) is 8.16. The van der Waals surface area contributed by atoms with E-state index >= 15 is 0 Å². The third kappa shape index (κ3) is 3.99. The molecule has 0 saturated carbocycles. The van der Waals surface area contributed by atoms with Crippen LogP contribution in [0.25, 0.3) is 11.0 Å². The summed E-state index contributed by atoms with van der Waals surface area (Å²) in [7, 11) is 0. The average molecular weight is 314 g/mol. The summed E-state index contributed by atoms with van der Waals surface area (Å²) < 4.78 is 5.09. The monoisotopic (exact) mass is 314 g/mol. The maximum atomic E-state index is 12.3. The van der Waals surface area contributed by atoms with Gasteiger partial charge in [0.2, 0.25) is 5.91 Å². The Morgan fingerprint density at radius 2 is 2.26 bits per heavy atom. The summed E-state index contributed by atoms with van der Waals surface area (Å²) in [6.07, 6.45) is 2.90. The minimum absolute atomic E-state index is 0.0276. The number of anilines is 1. The molecular formula is C18H22N2O3. The Labute approximate surface area is 135 Å². The molecule has 0 spiro atoms. The molecular weight excluding hydrogens is 292 g/mol. The van der Waals surface area contributed by atoms with E-state index in [9.17, 15) is 9.59 Å². The lowest BCUT2D eigenvalue weighted by Crippen LogP contribution is -2.34.